The molecule has 0 N–H and O–H groups in total. The summed E-state index contributed by atoms with van der Waals surface area (Å²) in [6.45, 7) is 8.73. The molecule has 5 heteroatoms. The highest BCUT2D eigenvalue weighted by atomic mass is 32.2. The Hall–Kier alpha value is -0.0300. The molecule has 1 spiro atoms. The van der Waals surface area contributed by atoms with Gasteiger partial charge in [-0.2, -0.15) is 0 Å². The molecular weight excluding hydrogens is 266 g/mol. The van der Waals surface area contributed by atoms with Crippen molar-refractivity contribution in [3.63, 3.8) is 0 Å². The van der Waals surface area contributed by atoms with Crippen molar-refractivity contribution in [2.24, 2.45) is 0 Å². The standard InChI is InChI=1S/C13H23NO2S2/c1-10-8-13(17-6-5-7-18-13)9-14(10)11(15)16-12(2,3)4/h10H,5-9H2,1-4H3/t10-/m1/s1. The van der Waals surface area contributed by atoms with Crippen LogP contribution in [-0.4, -0.2) is 44.8 Å². The number of hydrogen-bond donors (Lipinski definition) is 0. The molecule has 2 heterocycles. The van der Waals surface area contributed by atoms with Gasteiger partial charge < -0.3 is 9.64 Å². The van der Waals surface area contributed by atoms with Gasteiger partial charge in [0.15, 0.2) is 0 Å². The second-order valence-corrected chi connectivity index (χ2v) is 9.34. The van der Waals surface area contributed by atoms with Crippen LogP contribution in [0, 0.1) is 0 Å². The van der Waals surface area contributed by atoms with E-state index in [9.17, 15) is 4.79 Å². The molecular formula is C13H23NO2S2. The Balaban J connectivity index is 2.00. The molecule has 2 aliphatic rings. The lowest BCUT2D eigenvalue weighted by molar-refractivity contribution is 0.0238. The number of likely N-dealkylation sites (tertiary alicyclic amines) is 1. The van der Waals surface area contributed by atoms with Crippen LogP contribution in [0.25, 0.3) is 0 Å². The second kappa shape index (κ2) is 5.16. The molecule has 0 aromatic rings. The molecule has 2 fully saturated rings. The number of hydrogen-bond acceptors (Lipinski definition) is 4. The maximum Gasteiger partial charge on any atom is 0.410 e. The Bertz CT molecular complexity index is 321. The molecule has 0 radical (unpaired) electrons. The molecule has 2 aliphatic heterocycles. The Morgan fingerprint density at radius 3 is 2.50 bits per heavy atom. The zero-order valence-corrected chi connectivity index (χ0v) is 13.3. The third kappa shape index (κ3) is 3.29. The van der Waals surface area contributed by atoms with Crippen LogP contribution in [0.2, 0.25) is 0 Å². The third-order valence-electron chi connectivity index (χ3n) is 3.20. The van der Waals surface area contributed by atoms with Gasteiger partial charge in [-0.3, -0.25) is 0 Å². The van der Waals surface area contributed by atoms with Crippen molar-refractivity contribution in [2.45, 2.75) is 56.3 Å². The van der Waals surface area contributed by atoms with Crippen molar-refractivity contribution < 1.29 is 9.53 Å². The number of amides is 1. The van der Waals surface area contributed by atoms with E-state index in [0.717, 1.165) is 13.0 Å². The van der Waals surface area contributed by atoms with Gasteiger partial charge in [-0.1, -0.05) is 0 Å². The summed E-state index contributed by atoms with van der Waals surface area (Å²) < 4.78 is 5.73. The lowest BCUT2D eigenvalue weighted by Gasteiger charge is -2.32. The predicted molar refractivity (Wildman–Crippen MR) is 79.3 cm³/mol. The lowest BCUT2D eigenvalue weighted by atomic mass is 10.2. The van der Waals surface area contributed by atoms with Crippen LogP contribution < -0.4 is 0 Å². The van der Waals surface area contributed by atoms with Crippen LogP contribution in [-0.2, 0) is 4.74 Å². The molecule has 0 aromatic heterocycles. The van der Waals surface area contributed by atoms with Gasteiger partial charge in [-0.15, -0.1) is 23.5 Å². The van der Waals surface area contributed by atoms with Gasteiger partial charge in [0.1, 0.15) is 5.60 Å². The molecule has 1 atom stereocenters. The summed E-state index contributed by atoms with van der Waals surface area (Å²) in [6.07, 6.45) is 2.22. The van der Waals surface area contributed by atoms with E-state index in [2.05, 4.69) is 6.92 Å². The fourth-order valence-electron chi connectivity index (χ4n) is 2.43. The molecule has 3 nitrogen and oxygen atoms in total. The quantitative estimate of drug-likeness (QED) is 0.682. The van der Waals surface area contributed by atoms with Crippen LogP contribution in [0.3, 0.4) is 0 Å². The maximum absolute atomic E-state index is 12.2. The number of rotatable bonds is 0. The van der Waals surface area contributed by atoms with E-state index in [1.165, 1.54) is 17.9 Å². The van der Waals surface area contributed by atoms with Gasteiger partial charge in [0.25, 0.3) is 0 Å². The monoisotopic (exact) mass is 289 g/mol. The molecule has 18 heavy (non-hydrogen) atoms. The molecule has 0 unspecified atom stereocenters. The number of carbonyl (C=O) groups excluding carboxylic acids is 1. The number of carbonyl (C=O) groups is 1. The molecule has 2 saturated heterocycles. The summed E-state index contributed by atoms with van der Waals surface area (Å²) in [4.78, 5) is 14.1. The zero-order valence-electron chi connectivity index (χ0n) is 11.7. The summed E-state index contributed by atoms with van der Waals surface area (Å²) in [6, 6.07) is 0.290. The molecule has 1 amide bonds. The van der Waals surface area contributed by atoms with E-state index >= 15 is 0 Å². The van der Waals surface area contributed by atoms with Crippen molar-refractivity contribution in [2.75, 3.05) is 18.1 Å². The molecule has 0 bridgehead atoms. The first-order chi connectivity index (χ1) is 8.31. The van der Waals surface area contributed by atoms with Crippen LogP contribution in [0.5, 0.6) is 0 Å². The SMILES string of the molecule is C[C@@H]1CC2(CN1C(=O)OC(C)(C)C)SCCCS2. The second-order valence-electron chi connectivity index (χ2n) is 6.12. The van der Waals surface area contributed by atoms with E-state index in [0.29, 0.717) is 0 Å². The summed E-state index contributed by atoms with van der Waals surface area (Å²) in [7, 11) is 0. The van der Waals surface area contributed by atoms with Gasteiger partial charge in [0.05, 0.1) is 4.08 Å². The number of thioether (sulfide) groups is 2. The first-order valence-electron chi connectivity index (χ1n) is 6.59. The van der Waals surface area contributed by atoms with E-state index in [-0.39, 0.29) is 16.2 Å². The van der Waals surface area contributed by atoms with Gasteiger partial charge in [0.2, 0.25) is 0 Å². The zero-order chi connectivity index (χ0) is 13.4. The molecule has 0 aliphatic carbocycles. The van der Waals surface area contributed by atoms with Crippen molar-refractivity contribution in [3.8, 4) is 0 Å². The molecule has 104 valence electrons. The minimum absolute atomic E-state index is 0.154. The summed E-state index contributed by atoms with van der Waals surface area (Å²) in [5.74, 6) is 2.45. The first kappa shape index (κ1) is 14.4. The summed E-state index contributed by atoms with van der Waals surface area (Å²) in [5, 5.41) is 0. The first-order valence-corrected chi connectivity index (χ1v) is 8.56. The summed E-state index contributed by atoms with van der Waals surface area (Å²) in [5.41, 5.74) is -0.403. The highest BCUT2D eigenvalue weighted by Gasteiger charge is 2.46. The summed E-state index contributed by atoms with van der Waals surface area (Å²) >= 11 is 4.06. The third-order valence-corrected chi connectivity index (χ3v) is 6.53. The maximum atomic E-state index is 12.2. The Morgan fingerprint density at radius 2 is 1.94 bits per heavy atom. The van der Waals surface area contributed by atoms with E-state index in [4.69, 9.17) is 4.74 Å². The molecule has 0 aromatic carbocycles. The van der Waals surface area contributed by atoms with Crippen LogP contribution in [0.4, 0.5) is 4.79 Å². The van der Waals surface area contributed by atoms with Crippen molar-refractivity contribution in [3.05, 3.63) is 0 Å². The van der Waals surface area contributed by atoms with Gasteiger partial charge in [-0.25, -0.2) is 4.79 Å². The fourth-order valence-corrected chi connectivity index (χ4v) is 5.95. The molecule has 2 rings (SSSR count). The van der Waals surface area contributed by atoms with Crippen molar-refractivity contribution in [1.82, 2.24) is 4.90 Å². The minimum atomic E-state index is -0.403. The van der Waals surface area contributed by atoms with Gasteiger partial charge >= 0.3 is 6.09 Å². The number of ether oxygens (including phenoxy) is 1. The Labute approximate surface area is 118 Å². The van der Waals surface area contributed by atoms with E-state index in [1.54, 1.807) is 0 Å². The van der Waals surface area contributed by atoms with Gasteiger partial charge in [-0.05, 0) is 52.0 Å². The predicted octanol–water partition coefficient (Wildman–Crippen LogP) is 3.58. The highest BCUT2D eigenvalue weighted by molar-refractivity contribution is 8.18. The fraction of sp³-hybridized carbons (Fsp3) is 0.923. The van der Waals surface area contributed by atoms with Crippen molar-refractivity contribution in [1.29, 1.82) is 0 Å². The lowest BCUT2D eigenvalue weighted by Crippen LogP contribution is -2.40. The van der Waals surface area contributed by atoms with E-state index < -0.39 is 5.60 Å². The van der Waals surface area contributed by atoms with Gasteiger partial charge in [0, 0.05) is 12.6 Å². The van der Waals surface area contributed by atoms with Crippen molar-refractivity contribution >= 4 is 29.6 Å². The topological polar surface area (TPSA) is 29.5 Å². The smallest absolute Gasteiger partial charge is 0.410 e. The van der Waals surface area contributed by atoms with Crippen LogP contribution in [0.1, 0.15) is 40.5 Å². The minimum Gasteiger partial charge on any atom is -0.444 e. The average molecular weight is 289 g/mol. The van der Waals surface area contributed by atoms with Crippen LogP contribution in [0.15, 0.2) is 0 Å². The number of nitrogens with zero attached hydrogens (tertiary/aromatic N) is 1. The Morgan fingerprint density at radius 1 is 1.33 bits per heavy atom. The Kier molecular flexibility index (Phi) is 4.12. The van der Waals surface area contributed by atoms with E-state index in [1.807, 2.05) is 49.2 Å². The van der Waals surface area contributed by atoms with Crippen LogP contribution >= 0.6 is 23.5 Å². The molecule has 0 saturated carbocycles. The highest BCUT2D eigenvalue weighted by Crippen LogP contribution is 2.50. The largest absolute Gasteiger partial charge is 0.444 e. The average Bonchev–Trinajstić information content (AvgIpc) is 2.54. The normalized spacial score (nSPS) is 27.6.